The van der Waals surface area contributed by atoms with Crippen molar-refractivity contribution in [3.63, 3.8) is 0 Å². The molecule has 0 unspecified atom stereocenters. The van der Waals surface area contributed by atoms with Crippen LogP contribution in [0.2, 0.25) is 5.02 Å². The topological polar surface area (TPSA) is 97.8 Å². The Kier molecular flexibility index (Phi) is 5.68. The van der Waals surface area contributed by atoms with E-state index in [-0.39, 0.29) is 45.8 Å². The van der Waals surface area contributed by atoms with Crippen molar-refractivity contribution >= 4 is 51.5 Å². The van der Waals surface area contributed by atoms with Gasteiger partial charge >= 0.3 is 0 Å². The Hall–Kier alpha value is -3.92. The number of hydrogen-bond donors (Lipinski definition) is 3. The van der Waals surface area contributed by atoms with E-state index < -0.39 is 17.4 Å². The first-order valence-electron chi connectivity index (χ1n) is 10.8. The number of nitrogens with one attached hydrogen (secondary N) is 2. The van der Waals surface area contributed by atoms with Crippen LogP contribution < -0.4 is 15.5 Å². The van der Waals surface area contributed by atoms with E-state index in [2.05, 4.69) is 22.2 Å². The molecule has 180 valence electrons. The van der Waals surface area contributed by atoms with Gasteiger partial charge < -0.3 is 25.5 Å². The fourth-order valence-electron chi connectivity index (χ4n) is 4.50. The molecule has 0 spiro atoms. The molecule has 2 aromatic carbocycles. The van der Waals surface area contributed by atoms with Gasteiger partial charge in [-0.25, -0.2) is 13.8 Å². The maximum atomic E-state index is 16.0. The second-order valence-electron chi connectivity index (χ2n) is 8.18. The highest BCUT2D eigenvalue weighted by Crippen LogP contribution is 2.46. The van der Waals surface area contributed by atoms with Crippen molar-refractivity contribution in [2.45, 2.75) is 0 Å². The van der Waals surface area contributed by atoms with E-state index in [1.807, 2.05) is 4.90 Å². The zero-order valence-corrected chi connectivity index (χ0v) is 19.1. The molecule has 0 bridgehead atoms. The number of benzene rings is 2. The molecule has 0 atom stereocenters. The third kappa shape index (κ3) is 3.79. The predicted molar refractivity (Wildman–Crippen MR) is 130 cm³/mol. The van der Waals surface area contributed by atoms with E-state index in [0.717, 1.165) is 6.07 Å². The average Bonchev–Trinajstić information content (AvgIpc) is 2.84. The van der Waals surface area contributed by atoms with Crippen molar-refractivity contribution in [1.29, 1.82) is 0 Å². The quantitative estimate of drug-likeness (QED) is 0.475. The number of rotatable bonds is 3. The zero-order valence-electron chi connectivity index (χ0n) is 18.4. The van der Waals surface area contributed by atoms with Crippen molar-refractivity contribution < 1.29 is 23.5 Å². The molecule has 3 heterocycles. The molecular weight excluding hydrogens is 480 g/mol. The summed E-state index contributed by atoms with van der Waals surface area (Å²) in [6.07, 6.45) is 1.25. The van der Waals surface area contributed by atoms with E-state index in [9.17, 15) is 19.1 Å². The second kappa shape index (κ2) is 8.70. The van der Waals surface area contributed by atoms with Crippen LogP contribution in [0.5, 0.6) is 5.75 Å². The second-order valence-corrected chi connectivity index (χ2v) is 8.59. The fourth-order valence-corrected chi connectivity index (χ4v) is 4.79. The molecule has 35 heavy (non-hydrogen) atoms. The average molecular weight is 500 g/mol. The minimum Gasteiger partial charge on any atom is -0.507 e. The molecular formula is C24H20ClF2N5O3. The normalized spacial score (nSPS) is 15.5. The molecule has 5 rings (SSSR count). The molecule has 0 saturated carbocycles. The Bertz CT molecular complexity index is 1390. The summed E-state index contributed by atoms with van der Waals surface area (Å²) in [4.78, 5) is 32.1. The Morgan fingerprint density at radius 3 is 2.63 bits per heavy atom. The van der Waals surface area contributed by atoms with Crippen LogP contribution in [-0.2, 0) is 9.59 Å². The lowest BCUT2D eigenvalue weighted by Gasteiger charge is -2.38. The maximum absolute atomic E-state index is 16.0. The Labute approximate surface area is 203 Å². The molecule has 2 aliphatic rings. The van der Waals surface area contributed by atoms with Gasteiger partial charge in [0.1, 0.15) is 22.8 Å². The van der Waals surface area contributed by atoms with Crippen molar-refractivity contribution in [3.05, 3.63) is 53.6 Å². The first-order chi connectivity index (χ1) is 16.8. The minimum atomic E-state index is -0.906. The van der Waals surface area contributed by atoms with Crippen LogP contribution in [0.1, 0.15) is 0 Å². The van der Waals surface area contributed by atoms with Gasteiger partial charge in [0.2, 0.25) is 11.8 Å². The van der Waals surface area contributed by atoms with Crippen molar-refractivity contribution in [3.8, 4) is 16.9 Å². The van der Waals surface area contributed by atoms with Crippen LogP contribution in [0, 0.1) is 11.6 Å². The lowest BCUT2D eigenvalue weighted by molar-refractivity contribution is -0.126. The summed E-state index contributed by atoms with van der Waals surface area (Å²) in [7, 11) is 0. The Balaban J connectivity index is 1.72. The SMILES string of the molecule is C=CC(=O)N1CCN(c2c3c(nc4c(F)c(-c5c(O)cccc5F)c(Cl)cc24)NCC(=O)N3)CC1. The van der Waals surface area contributed by atoms with Crippen LogP contribution in [0.4, 0.5) is 26.0 Å². The van der Waals surface area contributed by atoms with Crippen LogP contribution >= 0.6 is 11.6 Å². The van der Waals surface area contributed by atoms with Crippen LogP contribution in [0.3, 0.4) is 0 Å². The van der Waals surface area contributed by atoms with Crippen LogP contribution in [0.15, 0.2) is 36.9 Å². The van der Waals surface area contributed by atoms with Gasteiger partial charge in [0.05, 0.1) is 22.8 Å². The standard InChI is InChI=1S/C24H20ClF2N5O3/c1-2-17(35)31-6-8-32(9-7-31)23-12-10-13(25)18(19-14(26)4-3-5-15(19)33)20(27)21(12)30-24-22(23)29-16(34)11-28-24/h2-5,10,33H,1,6-9,11H2,(H,28,30)(H,29,34). The first kappa shape index (κ1) is 22.9. The van der Waals surface area contributed by atoms with Gasteiger partial charge in [-0.05, 0) is 24.3 Å². The summed E-state index contributed by atoms with van der Waals surface area (Å²) < 4.78 is 30.6. The number of carbonyl (C=O) groups excluding carboxylic acids is 2. The van der Waals surface area contributed by atoms with Crippen LogP contribution in [-0.4, -0.2) is 59.5 Å². The predicted octanol–water partition coefficient (Wildman–Crippen LogP) is 3.74. The number of pyridine rings is 1. The highest BCUT2D eigenvalue weighted by Gasteiger charge is 2.31. The number of nitrogens with zero attached hydrogens (tertiary/aromatic N) is 3. The molecule has 3 aromatic rings. The molecule has 3 N–H and O–H groups in total. The van der Waals surface area contributed by atoms with Gasteiger partial charge in [0.15, 0.2) is 11.6 Å². The van der Waals surface area contributed by atoms with Gasteiger partial charge in [-0.1, -0.05) is 24.2 Å². The van der Waals surface area contributed by atoms with E-state index in [0.29, 0.717) is 42.9 Å². The van der Waals surface area contributed by atoms with Gasteiger partial charge in [0.25, 0.3) is 0 Å². The molecule has 2 amide bonds. The molecule has 2 aliphatic heterocycles. The van der Waals surface area contributed by atoms with E-state index in [4.69, 9.17) is 11.6 Å². The number of fused-ring (bicyclic) bond motifs is 2. The summed E-state index contributed by atoms with van der Waals surface area (Å²) in [5.41, 5.74) is 0.0785. The lowest BCUT2D eigenvalue weighted by atomic mass is 9.99. The Morgan fingerprint density at radius 2 is 1.94 bits per heavy atom. The third-order valence-corrected chi connectivity index (χ3v) is 6.45. The molecule has 1 fully saturated rings. The number of phenolic OH excluding ortho intramolecular Hbond substituents is 1. The number of carbonyl (C=O) groups is 2. The number of anilines is 3. The maximum Gasteiger partial charge on any atom is 0.246 e. The van der Waals surface area contributed by atoms with Gasteiger partial charge in [0, 0.05) is 37.1 Å². The minimum absolute atomic E-state index is 0.0528. The highest BCUT2D eigenvalue weighted by molar-refractivity contribution is 6.34. The number of hydrogen-bond acceptors (Lipinski definition) is 6. The van der Waals surface area contributed by atoms with E-state index >= 15 is 4.39 Å². The Morgan fingerprint density at radius 1 is 1.20 bits per heavy atom. The highest BCUT2D eigenvalue weighted by atomic mass is 35.5. The number of piperazine rings is 1. The third-order valence-electron chi connectivity index (χ3n) is 6.15. The van der Waals surface area contributed by atoms with Crippen molar-refractivity contribution in [1.82, 2.24) is 9.88 Å². The lowest BCUT2D eigenvalue weighted by Crippen LogP contribution is -2.48. The first-order valence-corrected chi connectivity index (χ1v) is 11.2. The summed E-state index contributed by atoms with van der Waals surface area (Å²) in [6, 6.07) is 5.09. The fraction of sp³-hybridized carbons (Fsp3) is 0.208. The molecule has 11 heteroatoms. The zero-order chi connectivity index (χ0) is 24.9. The van der Waals surface area contributed by atoms with Gasteiger partial charge in [-0.15, -0.1) is 0 Å². The monoisotopic (exact) mass is 499 g/mol. The summed E-state index contributed by atoms with van der Waals surface area (Å²) in [5.74, 6) is -2.43. The molecule has 1 saturated heterocycles. The number of halogens is 3. The smallest absolute Gasteiger partial charge is 0.246 e. The number of aromatic nitrogens is 1. The number of amides is 2. The number of aromatic hydroxyl groups is 1. The number of phenols is 1. The summed E-state index contributed by atoms with van der Waals surface area (Å²) in [6.45, 7) is 5.04. The molecule has 0 radical (unpaired) electrons. The van der Waals surface area contributed by atoms with Crippen molar-refractivity contribution in [2.24, 2.45) is 0 Å². The van der Waals surface area contributed by atoms with Gasteiger partial charge in [-0.3, -0.25) is 9.59 Å². The van der Waals surface area contributed by atoms with E-state index in [1.165, 1.54) is 24.3 Å². The summed E-state index contributed by atoms with van der Waals surface area (Å²) in [5, 5.41) is 16.1. The van der Waals surface area contributed by atoms with Crippen molar-refractivity contribution in [2.75, 3.05) is 48.3 Å². The largest absolute Gasteiger partial charge is 0.507 e. The molecule has 0 aliphatic carbocycles. The molecule has 1 aromatic heterocycles. The van der Waals surface area contributed by atoms with Gasteiger partial charge in [-0.2, -0.15) is 0 Å². The summed E-state index contributed by atoms with van der Waals surface area (Å²) >= 11 is 6.46. The molecule has 8 nitrogen and oxygen atoms in total. The van der Waals surface area contributed by atoms with E-state index in [1.54, 1.807) is 4.90 Å². The van der Waals surface area contributed by atoms with Crippen LogP contribution in [0.25, 0.3) is 22.0 Å².